The third kappa shape index (κ3) is 5.17. The van der Waals surface area contributed by atoms with Crippen molar-refractivity contribution in [1.29, 1.82) is 0 Å². The number of imidazole rings is 1. The van der Waals surface area contributed by atoms with Crippen LogP contribution < -0.4 is 10.6 Å². The van der Waals surface area contributed by atoms with Gasteiger partial charge in [0.1, 0.15) is 5.82 Å². The fourth-order valence-electron chi connectivity index (χ4n) is 2.32. The van der Waals surface area contributed by atoms with E-state index < -0.39 is 0 Å². The zero-order valence-electron chi connectivity index (χ0n) is 12.1. The number of hydrogen-bond donors (Lipinski definition) is 2. The van der Waals surface area contributed by atoms with E-state index in [0.717, 1.165) is 49.8 Å². The number of aryl methyl sites for hydroxylation is 2. The summed E-state index contributed by atoms with van der Waals surface area (Å²) in [4.78, 5) is 16.0. The van der Waals surface area contributed by atoms with Crippen LogP contribution in [0.5, 0.6) is 0 Å². The van der Waals surface area contributed by atoms with Crippen LogP contribution in [0.25, 0.3) is 0 Å². The van der Waals surface area contributed by atoms with Crippen molar-refractivity contribution in [2.75, 3.05) is 24.6 Å². The van der Waals surface area contributed by atoms with Gasteiger partial charge < -0.3 is 15.2 Å². The Morgan fingerprint density at radius 3 is 3.20 bits per heavy atom. The molecule has 1 saturated heterocycles. The monoisotopic (exact) mass is 296 g/mol. The molecule has 0 aromatic carbocycles. The van der Waals surface area contributed by atoms with Crippen molar-refractivity contribution in [3.8, 4) is 0 Å². The first-order chi connectivity index (χ1) is 9.75. The SMILES string of the molecule is Cc1nccn1CCCCNC(=O)CC1CSCCN1. The van der Waals surface area contributed by atoms with Gasteiger partial charge in [0.15, 0.2) is 0 Å². The van der Waals surface area contributed by atoms with Crippen LogP contribution in [-0.4, -0.2) is 46.1 Å². The zero-order chi connectivity index (χ0) is 14.2. The Kier molecular flexibility index (Phi) is 6.39. The molecule has 1 amide bonds. The number of nitrogens with one attached hydrogen (secondary N) is 2. The molecule has 5 nitrogen and oxygen atoms in total. The lowest BCUT2D eigenvalue weighted by Crippen LogP contribution is -2.41. The van der Waals surface area contributed by atoms with E-state index in [4.69, 9.17) is 0 Å². The van der Waals surface area contributed by atoms with Crippen molar-refractivity contribution < 1.29 is 4.79 Å². The molecular weight excluding hydrogens is 272 g/mol. The quantitative estimate of drug-likeness (QED) is 0.742. The smallest absolute Gasteiger partial charge is 0.221 e. The third-order valence-electron chi connectivity index (χ3n) is 3.50. The summed E-state index contributed by atoms with van der Waals surface area (Å²) >= 11 is 1.93. The maximum Gasteiger partial charge on any atom is 0.221 e. The van der Waals surface area contributed by atoms with Crippen LogP contribution in [0, 0.1) is 6.92 Å². The van der Waals surface area contributed by atoms with Gasteiger partial charge in [-0.15, -0.1) is 0 Å². The number of carbonyl (C=O) groups is 1. The molecule has 0 saturated carbocycles. The average Bonchev–Trinajstić information content (AvgIpc) is 2.85. The Hall–Kier alpha value is -1.01. The number of nitrogens with zero attached hydrogens (tertiary/aromatic N) is 2. The van der Waals surface area contributed by atoms with Crippen LogP contribution in [0.15, 0.2) is 12.4 Å². The van der Waals surface area contributed by atoms with E-state index >= 15 is 0 Å². The van der Waals surface area contributed by atoms with Crippen molar-refractivity contribution in [3.63, 3.8) is 0 Å². The van der Waals surface area contributed by atoms with E-state index in [9.17, 15) is 4.79 Å². The van der Waals surface area contributed by atoms with E-state index in [2.05, 4.69) is 20.2 Å². The maximum absolute atomic E-state index is 11.8. The fraction of sp³-hybridized carbons (Fsp3) is 0.714. The normalized spacial score (nSPS) is 18.9. The van der Waals surface area contributed by atoms with Crippen LogP contribution in [0.4, 0.5) is 0 Å². The van der Waals surface area contributed by atoms with Gasteiger partial charge in [0, 0.05) is 56.0 Å². The molecule has 1 atom stereocenters. The van der Waals surface area contributed by atoms with Gasteiger partial charge in [-0.1, -0.05) is 0 Å². The van der Waals surface area contributed by atoms with Crippen molar-refractivity contribution in [2.24, 2.45) is 0 Å². The Labute approximate surface area is 124 Å². The molecule has 2 heterocycles. The van der Waals surface area contributed by atoms with Crippen molar-refractivity contribution in [2.45, 2.75) is 38.8 Å². The minimum Gasteiger partial charge on any atom is -0.356 e. The Morgan fingerprint density at radius 1 is 1.60 bits per heavy atom. The summed E-state index contributed by atoms with van der Waals surface area (Å²) in [5.41, 5.74) is 0. The lowest BCUT2D eigenvalue weighted by Gasteiger charge is -2.22. The summed E-state index contributed by atoms with van der Waals surface area (Å²) in [6.45, 7) is 4.78. The standard InChI is InChI=1S/C14H24N4OS/c1-12-15-5-8-18(12)7-3-2-4-17-14(19)10-13-11-20-9-6-16-13/h5,8,13,16H,2-4,6-7,9-11H2,1H3,(H,17,19). The van der Waals surface area contributed by atoms with Crippen molar-refractivity contribution in [3.05, 3.63) is 18.2 Å². The largest absolute Gasteiger partial charge is 0.356 e. The molecule has 1 fully saturated rings. The molecule has 0 aliphatic carbocycles. The third-order valence-corrected chi connectivity index (χ3v) is 4.63. The van der Waals surface area contributed by atoms with E-state index in [1.807, 2.05) is 31.1 Å². The first-order valence-corrected chi connectivity index (χ1v) is 8.47. The van der Waals surface area contributed by atoms with Crippen LogP contribution >= 0.6 is 11.8 Å². The van der Waals surface area contributed by atoms with Gasteiger partial charge in [-0.05, 0) is 19.8 Å². The van der Waals surface area contributed by atoms with Gasteiger partial charge in [-0.25, -0.2) is 4.98 Å². The highest BCUT2D eigenvalue weighted by molar-refractivity contribution is 7.99. The summed E-state index contributed by atoms with van der Waals surface area (Å²) < 4.78 is 2.14. The van der Waals surface area contributed by atoms with Gasteiger partial charge >= 0.3 is 0 Å². The molecule has 1 aromatic rings. The molecule has 2 rings (SSSR count). The second-order valence-corrected chi connectivity index (χ2v) is 6.30. The molecule has 1 aliphatic rings. The first kappa shape index (κ1) is 15.4. The molecule has 1 unspecified atom stereocenters. The number of aromatic nitrogens is 2. The summed E-state index contributed by atoms with van der Waals surface area (Å²) in [5.74, 6) is 3.43. The molecule has 0 radical (unpaired) electrons. The van der Waals surface area contributed by atoms with Crippen LogP contribution in [0.1, 0.15) is 25.1 Å². The predicted octanol–water partition coefficient (Wildman–Crippen LogP) is 1.18. The van der Waals surface area contributed by atoms with Crippen LogP contribution in [0.3, 0.4) is 0 Å². The Bertz CT molecular complexity index is 415. The molecule has 1 aromatic heterocycles. The van der Waals surface area contributed by atoms with Gasteiger partial charge in [-0.2, -0.15) is 11.8 Å². The van der Waals surface area contributed by atoms with Gasteiger partial charge in [0.2, 0.25) is 5.91 Å². The molecule has 6 heteroatoms. The Balaban J connectivity index is 1.52. The van der Waals surface area contributed by atoms with Gasteiger partial charge in [0.05, 0.1) is 0 Å². The predicted molar refractivity (Wildman–Crippen MR) is 82.9 cm³/mol. The molecule has 0 bridgehead atoms. The van der Waals surface area contributed by atoms with E-state index in [0.29, 0.717) is 12.5 Å². The summed E-state index contributed by atoms with van der Waals surface area (Å²) in [7, 11) is 0. The highest BCUT2D eigenvalue weighted by atomic mass is 32.2. The van der Waals surface area contributed by atoms with Crippen LogP contribution in [-0.2, 0) is 11.3 Å². The second-order valence-electron chi connectivity index (χ2n) is 5.15. The molecular formula is C14H24N4OS. The lowest BCUT2D eigenvalue weighted by atomic mass is 10.2. The molecule has 112 valence electrons. The van der Waals surface area contributed by atoms with Crippen molar-refractivity contribution >= 4 is 17.7 Å². The number of amides is 1. The Morgan fingerprint density at radius 2 is 2.50 bits per heavy atom. The van der Waals surface area contributed by atoms with E-state index in [1.54, 1.807) is 0 Å². The lowest BCUT2D eigenvalue weighted by molar-refractivity contribution is -0.121. The van der Waals surface area contributed by atoms with Crippen molar-refractivity contribution in [1.82, 2.24) is 20.2 Å². The zero-order valence-corrected chi connectivity index (χ0v) is 12.9. The highest BCUT2D eigenvalue weighted by Gasteiger charge is 2.16. The second kappa shape index (κ2) is 8.32. The minimum absolute atomic E-state index is 0.170. The number of carbonyl (C=O) groups excluding carboxylic acids is 1. The minimum atomic E-state index is 0.170. The van der Waals surface area contributed by atoms with Crippen LogP contribution in [0.2, 0.25) is 0 Å². The number of rotatable bonds is 7. The average molecular weight is 296 g/mol. The summed E-state index contributed by atoms with van der Waals surface area (Å²) in [6, 6.07) is 0.349. The van der Waals surface area contributed by atoms with Gasteiger partial charge in [-0.3, -0.25) is 4.79 Å². The number of thioether (sulfide) groups is 1. The van der Waals surface area contributed by atoms with Gasteiger partial charge in [0.25, 0.3) is 0 Å². The summed E-state index contributed by atoms with van der Waals surface area (Å²) in [6.07, 6.45) is 6.51. The molecule has 0 spiro atoms. The van der Waals surface area contributed by atoms with E-state index in [-0.39, 0.29) is 5.91 Å². The first-order valence-electron chi connectivity index (χ1n) is 7.31. The fourth-order valence-corrected chi connectivity index (χ4v) is 3.27. The summed E-state index contributed by atoms with van der Waals surface area (Å²) in [5, 5.41) is 6.40. The maximum atomic E-state index is 11.8. The molecule has 1 aliphatic heterocycles. The molecule has 20 heavy (non-hydrogen) atoms. The molecule has 2 N–H and O–H groups in total. The highest BCUT2D eigenvalue weighted by Crippen LogP contribution is 2.09. The van der Waals surface area contributed by atoms with E-state index in [1.165, 1.54) is 0 Å². The number of hydrogen-bond acceptors (Lipinski definition) is 4. The topological polar surface area (TPSA) is 59.0 Å². The number of unbranched alkanes of at least 4 members (excludes halogenated alkanes) is 1.